The van der Waals surface area contributed by atoms with Crippen molar-refractivity contribution in [2.75, 3.05) is 11.9 Å². The third-order valence-electron chi connectivity index (χ3n) is 4.80. The molecule has 3 heterocycles. The van der Waals surface area contributed by atoms with Crippen molar-refractivity contribution in [1.29, 1.82) is 5.26 Å². The summed E-state index contributed by atoms with van der Waals surface area (Å²) in [5.74, 6) is -0.512. The number of thiophene rings is 1. The number of nitriles is 1. The Morgan fingerprint density at radius 2 is 2.23 bits per heavy atom. The zero-order valence-electron chi connectivity index (χ0n) is 15.8. The number of hydrogen-bond donors (Lipinski definition) is 1. The van der Waals surface area contributed by atoms with Gasteiger partial charge in [-0.25, -0.2) is 9.78 Å². The Bertz CT molecular complexity index is 1300. The summed E-state index contributed by atoms with van der Waals surface area (Å²) in [4.78, 5) is 42.6. The predicted octanol–water partition coefficient (Wildman–Crippen LogP) is 3.03. The number of carbonyl (C=O) groups excluding carboxylic acids is 2. The summed E-state index contributed by atoms with van der Waals surface area (Å²) in [5, 5.41) is 12.1. The average Bonchev–Trinajstić information content (AvgIpc) is 3.31. The van der Waals surface area contributed by atoms with Crippen molar-refractivity contribution < 1.29 is 14.3 Å². The van der Waals surface area contributed by atoms with E-state index in [-0.39, 0.29) is 21.0 Å². The van der Waals surface area contributed by atoms with Gasteiger partial charge in [0.15, 0.2) is 6.61 Å². The molecule has 30 heavy (non-hydrogen) atoms. The monoisotopic (exact) mass is 442 g/mol. The third-order valence-corrected chi connectivity index (χ3v) is 6.28. The summed E-state index contributed by atoms with van der Waals surface area (Å²) < 4.78 is 6.77. The van der Waals surface area contributed by atoms with E-state index < -0.39 is 18.5 Å². The summed E-state index contributed by atoms with van der Waals surface area (Å²) in [6.07, 6.45) is 1.62. The molecular formula is C20H15ClN4O4S. The van der Waals surface area contributed by atoms with Crippen LogP contribution in [-0.2, 0) is 22.5 Å². The number of ether oxygens (including phenoxy) is 1. The minimum Gasteiger partial charge on any atom is -0.451 e. The zero-order valence-corrected chi connectivity index (χ0v) is 17.4. The number of fused-ring (bicyclic) bond motifs is 2. The van der Waals surface area contributed by atoms with Gasteiger partial charge in [0.05, 0.1) is 16.0 Å². The van der Waals surface area contributed by atoms with E-state index in [9.17, 15) is 14.4 Å². The molecule has 0 radical (unpaired) electrons. The van der Waals surface area contributed by atoms with Crippen LogP contribution in [0.15, 0.2) is 23.0 Å². The minimum atomic E-state index is -0.687. The second kappa shape index (κ2) is 7.89. The van der Waals surface area contributed by atoms with Crippen LogP contribution in [0.4, 0.5) is 5.69 Å². The predicted molar refractivity (Wildman–Crippen MR) is 112 cm³/mol. The van der Waals surface area contributed by atoms with Crippen molar-refractivity contribution in [3.05, 3.63) is 55.4 Å². The summed E-state index contributed by atoms with van der Waals surface area (Å²) >= 11 is 7.03. The molecule has 0 atom stereocenters. The van der Waals surface area contributed by atoms with Gasteiger partial charge >= 0.3 is 5.97 Å². The molecule has 1 N–H and O–H groups in total. The van der Waals surface area contributed by atoms with Crippen molar-refractivity contribution in [2.45, 2.75) is 26.3 Å². The van der Waals surface area contributed by atoms with Crippen molar-refractivity contribution in [2.24, 2.45) is 0 Å². The van der Waals surface area contributed by atoms with E-state index in [1.54, 1.807) is 11.5 Å². The first-order valence-corrected chi connectivity index (χ1v) is 10.3. The van der Waals surface area contributed by atoms with Crippen LogP contribution in [0.25, 0.3) is 10.2 Å². The van der Waals surface area contributed by atoms with Crippen LogP contribution in [-0.4, -0.2) is 28.0 Å². The normalized spacial score (nSPS) is 12.4. The van der Waals surface area contributed by atoms with Gasteiger partial charge in [0.2, 0.25) is 0 Å². The molecule has 0 spiro atoms. The molecule has 0 saturated heterocycles. The van der Waals surface area contributed by atoms with Gasteiger partial charge in [0.1, 0.15) is 21.6 Å². The molecule has 1 aromatic carbocycles. The summed E-state index contributed by atoms with van der Waals surface area (Å²) in [5.41, 5.74) is 1.04. The van der Waals surface area contributed by atoms with Crippen molar-refractivity contribution in [3.8, 4) is 6.07 Å². The van der Waals surface area contributed by atoms with Crippen LogP contribution >= 0.6 is 22.9 Å². The molecule has 4 rings (SSSR count). The second-order valence-electron chi connectivity index (χ2n) is 6.76. The molecule has 1 aliphatic rings. The van der Waals surface area contributed by atoms with Crippen LogP contribution in [0.5, 0.6) is 0 Å². The highest BCUT2D eigenvalue weighted by molar-refractivity contribution is 7.20. The maximum Gasteiger partial charge on any atom is 0.349 e. The Morgan fingerprint density at radius 3 is 2.97 bits per heavy atom. The number of esters is 1. The first kappa shape index (κ1) is 20.1. The van der Waals surface area contributed by atoms with Crippen LogP contribution in [0.3, 0.4) is 0 Å². The van der Waals surface area contributed by atoms with Crippen LogP contribution < -0.4 is 10.9 Å². The molecule has 0 saturated carbocycles. The highest BCUT2D eigenvalue weighted by Crippen LogP contribution is 2.29. The van der Waals surface area contributed by atoms with Crippen molar-refractivity contribution >= 4 is 50.7 Å². The zero-order chi connectivity index (χ0) is 21.4. The largest absolute Gasteiger partial charge is 0.451 e. The summed E-state index contributed by atoms with van der Waals surface area (Å²) in [6.45, 7) is 1.80. The number of amides is 1. The first-order valence-electron chi connectivity index (χ1n) is 9.08. The van der Waals surface area contributed by atoms with Crippen LogP contribution in [0.2, 0.25) is 5.02 Å². The number of aromatic nitrogens is 2. The highest BCUT2D eigenvalue weighted by Gasteiger charge is 2.24. The number of nitrogens with one attached hydrogen (secondary N) is 1. The smallest absolute Gasteiger partial charge is 0.349 e. The molecule has 0 bridgehead atoms. The fourth-order valence-electron chi connectivity index (χ4n) is 3.35. The van der Waals surface area contributed by atoms with Gasteiger partial charge in [-0.3, -0.25) is 14.2 Å². The number of rotatable bonds is 4. The molecule has 2 aromatic heterocycles. The molecule has 1 aliphatic heterocycles. The number of benzene rings is 1. The van der Waals surface area contributed by atoms with E-state index in [0.29, 0.717) is 28.0 Å². The lowest BCUT2D eigenvalue weighted by Gasteiger charge is -2.07. The van der Waals surface area contributed by atoms with E-state index in [4.69, 9.17) is 21.6 Å². The van der Waals surface area contributed by atoms with E-state index >= 15 is 0 Å². The van der Waals surface area contributed by atoms with Gasteiger partial charge in [0, 0.05) is 18.7 Å². The third kappa shape index (κ3) is 3.56. The molecule has 0 fully saturated rings. The molecule has 3 aromatic rings. The number of anilines is 1. The maximum atomic E-state index is 12.7. The Morgan fingerprint density at radius 1 is 1.43 bits per heavy atom. The molecular weight excluding hydrogens is 428 g/mol. The van der Waals surface area contributed by atoms with E-state index in [0.717, 1.165) is 30.0 Å². The molecule has 0 aliphatic carbocycles. The molecule has 10 heteroatoms. The van der Waals surface area contributed by atoms with Crippen LogP contribution in [0.1, 0.15) is 33.0 Å². The number of hydrogen-bond acceptors (Lipinski definition) is 7. The Balaban J connectivity index is 1.47. The minimum absolute atomic E-state index is 0.143. The standard InChI is InChI=1S/C20H15ClN4O4S/c1-10-16-18(24-14-3-2-6-25(14)19(16)27)30-17(10)20(28)29-9-15(26)23-12-5-4-11(8-22)13(21)7-12/h4-5,7H,2-3,6,9H2,1H3,(H,23,26). The number of carbonyl (C=O) groups is 2. The van der Waals surface area contributed by atoms with Crippen molar-refractivity contribution in [1.82, 2.24) is 9.55 Å². The quantitative estimate of drug-likeness (QED) is 0.621. The lowest BCUT2D eigenvalue weighted by molar-refractivity contribution is -0.119. The number of halogens is 1. The highest BCUT2D eigenvalue weighted by atomic mass is 35.5. The fourth-order valence-corrected chi connectivity index (χ4v) is 4.65. The van der Waals surface area contributed by atoms with E-state index in [2.05, 4.69) is 10.3 Å². The lowest BCUT2D eigenvalue weighted by atomic mass is 10.2. The Kier molecular flexibility index (Phi) is 5.28. The topological polar surface area (TPSA) is 114 Å². The van der Waals surface area contributed by atoms with Gasteiger partial charge in [-0.2, -0.15) is 5.26 Å². The van der Waals surface area contributed by atoms with E-state index in [1.807, 2.05) is 6.07 Å². The van der Waals surface area contributed by atoms with Gasteiger partial charge in [-0.1, -0.05) is 11.6 Å². The summed E-state index contributed by atoms with van der Waals surface area (Å²) in [6, 6.07) is 6.37. The van der Waals surface area contributed by atoms with Gasteiger partial charge in [-0.15, -0.1) is 11.3 Å². The first-order chi connectivity index (χ1) is 14.4. The van der Waals surface area contributed by atoms with Crippen molar-refractivity contribution in [3.63, 3.8) is 0 Å². The Hall–Kier alpha value is -3.22. The molecule has 152 valence electrons. The lowest BCUT2D eigenvalue weighted by Crippen LogP contribution is -2.21. The summed E-state index contributed by atoms with van der Waals surface area (Å²) in [7, 11) is 0. The van der Waals surface area contributed by atoms with Crippen LogP contribution in [0, 0.1) is 18.3 Å². The van der Waals surface area contributed by atoms with Gasteiger partial charge < -0.3 is 10.1 Å². The van der Waals surface area contributed by atoms with Gasteiger partial charge in [0.25, 0.3) is 11.5 Å². The average molecular weight is 443 g/mol. The maximum absolute atomic E-state index is 12.7. The molecule has 8 nitrogen and oxygen atoms in total. The van der Waals surface area contributed by atoms with E-state index in [1.165, 1.54) is 18.2 Å². The van der Waals surface area contributed by atoms with Gasteiger partial charge in [-0.05, 0) is 37.1 Å². The SMILES string of the molecule is Cc1c(C(=O)OCC(=O)Nc2ccc(C#N)c(Cl)c2)sc2nc3n(c(=O)c12)CCC3. The number of nitrogens with zero attached hydrogens (tertiary/aromatic N) is 3. The Labute approximate surface area is 179 Å². The fraction of sp³-hybridized carbons (Fsp3) is 0.250. The molecule has 1 amide bonds. The number of aryl methyl sites for hydroxylation is 2. The second-order valence-corrected chi connectivity index (χ2v) is 8.16. The molecule has 0 unspecified atom stereocenters.